The van der Waals surface area contributed by atoms with E-state index in [4.69, 9.17) is 0 Å². The second kappa shape index (κ2) is 3.35. The monoisotopic (exact) mass is 278 g/mol. The predicted molar refractivity (Wildman–Crippen MR) is 71.8 cm³/mol. The van der Waals surface area contributed by atoms with Gasteiger partial charge in [-0.05, 0) is 53.4 Å². The molecule has 1 saturated carbocycles. The Morgan fingerprint density at radius 1 is 1.12 bits per heavy atom. The summed E-state index contributed by atoms with van der Waals surface area (Å²) in [5, 5.41) is 0. The van der Waals surface area contributed by atoms with Gasteiger partial charge >= 0.3 is 0 Å². The molecular weight excluding hydrogens is 260 g/mol. The highest BCUT2D eigenvalue weighted by Gasteiger charge is 2.52. The van der Waals surface area contributed by atoms with Crippen molar-refractivity contribution in [3.63, 3.8) is 0 Å². The lowest BCUT2D eigenvalue weighted by molar-refractivity contribution is 0.109. The molecular formula is C15H19Br. The second-order valence-corrected chi connectivity index (χ2v) is 6.99. The van der Waals surface area contributed by atoms with Crippen molar-refractivity contribution in [3.05, 3.63) is 33.8 Å². The van der Waals surface area contributed by atoms with Crippen LogP contribution in [0.4, 0.5) is 0 Å². The van der Waals surface area contributed by atoms with E-state index in [0.29, 0.717) is 10.8 Å². The third-order valence-corrected chi connectivity index (χ3v) is 5.73. The lowest BCUT2D eigenvalue weighted by Crippen LogP contribution is -2.40. The molecule has 0 amide bonds. The fraction of sp³-hybridized carbons (Fsp3) is 0.600. The number of hydrogen-bond donors (Lipinski definition) is 0. The van der Waals surface area contributed by atoms with E-state index in [1.54, 1.807) is 11.1 Å². The molecule has 2 aliphatic rings. The van der Waals surface area contributed by atoms with Gasteiger partial charge in [0.05, 0.1) is 0 Å². The first-order chi connectivity index (χ1) is 7.55. The molecule has 16 heavy (non-hydrogen) atoms. The van der Waals surface area contributed by atoms with Gasteiger partial charge in [0.15, 0.2) is 0 Å². The molecule has 0 nitrogen and oxygen atoms in total. The van der Waals surface area contributed by atoms with Crippen molar-refractivity contribution < 1.29 is 0 Å². The minimum Gasteiger partial charge on any atom is -0.0585 e. The molecule has 0 aromatic heterocycles. The first-order valence-corrected chi connectivity index (χ1v) is 7.13. The zero-order chi connectivity index (χ0) is 11.4. The zero-order valence-electron chi connectivity index (χ0n) is 10.1. The Morgan fingerprint density at radius 2 is 1.88 bits per heavy atom. The van der Waals surface area contributed by atoms with Crippen molar-refractivity contribution in [3.8, 4) is 0 Å². The Labute approximate surface area is 107 Å². The SMILES string of the molecule is CC12CCCCC1(C)c1cc(Br)ccc1C2. The lowest BCUT2D eigenvalue weighted by Gasteiger charge is -2.46. The standard InChI is InChI=1S/C15H19Br/c1-14-7-3-4-8-15(14,2)13-9-12(16)6-5-11(13)10-14/h5-6,9H,3-4,7-8,10H2,1-2H3. The predicted octanol–water partition coefficient (Wildman–Crippen LogP) is 4.84. The van der Waals surface area contributed by atoms with Crippen molar-refractivity contribution in [2.75, 3.05) is 0 Å². The Morgan fingerprint density at radius 3 is 2.69 bits per heavy atom. The average Bonchev–Trinajstić information content (AvgIpc) is 2.47. The topological polar surface area (TPSA) is 0 Å². The molecule has 1 aromatic rings. The Balaban J connectivity index is 2.17. The largest absolute Gasteiger partial charge is 0.0585 e. The Kier molecular flexibility index (Phi) is 2.27. The molecule has 0 radical (unpaired) electrons. The first kappa shape index (κ1) is 10.8. The Bertz CT molecular complexity index is 437. The summed E-state index contributed by atoms with van der Waals surface area (Å²) in [6.45, 7) is 4.99. The summed E-state index contributed by atoms with van der Waals surface area (Å²) in [6.07, 6.45) is 6.87. The minimum absolute atomic E-state index is 0.421. The van der Waals surface area contributed by atoms with Crippen LogP contribution in [0.2, 0.25) is 0 Å². The summed E-state index contributed by atoms with van der Waals surface area (Å²) in [6, 6.07) is 6.89. The number of halogens is 1. The van der Waals surface area contributed by atoms with Gasteiger partial charge in [-0.2, -0.15) is 0 Å². The molecule has 2 unspecified atom stereocenters. The third kappa shape index (κ3) is 1.27. The molecule has 1 fully saturated rings. The molecule has 86 valence electrons. The maximum absolute atomic E-state index is 3.62. The van der Waals surface area contributed by atoms with Gasteiger partial charge in [0, 0.05) is 4.47 Å². The molecule has 0 spiro atoms. The summed E-state index contributed by atoms with van der Waals surface area (Å²) in [4.78, 5) is 0. The summed E-state index contributed by atoms with van der Waals surface area (Å²) in [7, 11) is 0. The van der Waals surface area contributed by atoms with E-state index in [1.807, 2.05) is 0 Å². The van der Waals surface area contributed by atoms with Gasteiger partial charge in [-0.3, -0.25) is 0 Å². The van der Waals surface area contributed by atoms with Crippen molar-refractivity contribution in [1.29, 1.82) is 0 Å². The molecule has 2 atom stereocenters. The van der Waals surface area contributed by atoms with Crippen LogP contribution in [-0.2, 0) is 11.8 Å². The van der Waals surface area contributed by atoms with Gasteiger partial charge in [0.2, 0.25) is 0 Å². The summed E-state index contributed by atoms with van der Waals surface area (Å²) >= 11 is 3.62. The molecule has 0 N–H and O–H groups in total. The van der Waals surface area contributed by atoms with E-state index < -0.39 is 0 Å². The van der Waals surface area contributed by atoms with Crippen molar-refractivity contribution >= 4 is 15.9 Å². The van der Waals surface area contributed by atoms with E-state index in [9.17, 15) is 0 Å². The van der Waals surface area contributed by atoms with Crippen molar-refractivity contribution in [2.24, 2.45) is 5.41 Å². The molecule has 0 heterocycles. The number of rotatable bonds is 0. The van der Waals surface area contributed by atoms with Crippen LogP contribution in [0, 0.1) is 5.41 Å². The van der Waals surface area contributed by atoms with Gasteiger partial charge in [0.1, 0.15) is 0 Å². The van der Waals surface area contributed by atoms with E-state index in [2.05, 4.69) is 48.0 Å². The van der Waals surface area contributed by atoms with Crippen molar-refractivity contribution in [2.45, 2.75) is 51.4 Å². The number of benzene rings is 1. The van der Waals surface area contributed by atoms with Crippen LogP contribution >= 0.6 is 15.9 Å². The normalized spacial score (nSPS) is 36.9. The number of hydrogen-bond acceptors (Lipinski definition) is 0. The molecule has 1 aromatic carbocycles. The third-order valence-electron chi connectivity index (χ3n) is 5.23. The highest BCUT2D eigenvalue weighted by molar-refractivity contribution is 9.10. The van der Waals surface area contributed by atoms with Crippen LogP contribution < -0.4 is 0 Å². The quantitative estimate of drug-likeness (QED) is 0.637. The van der Waals surface area contributed by atoms with E-state index in [-0.39, 0.29) is 0 Å². The maximum atomic E-state index is 3.62. The number of fused-ring (bicyclic) bond motifs is 3. The second-order valence-electron chi connectivity index (χ2n) is 6.08. The van der Waals surface area contributed by atoms with Gasteiger partial charge in [0.25, 0.3) is 0 Å². The van der Waals surface area contributed by atoms with Crippen LogP contribution in [0.15, 0.2) is 22.7 Å². The molecule has 0 saturated heterocycles. The van der Waals surface area contributed by atoms with Crippen LogP contribution in [0.5, 0.6) is 0 Å². The fourth-order valence-electron chi connectivity index (χ4n) is 3.95. The fourth-order valence-corrected chi connectivity index (χ4v) is 4.31. The minimum atomic E-state index is 0.421. The maximum Gasteiger partial charge on any atom is 0.0178 e. The van der Waals surface area contributed by atoms with Crippen LogP contribution in [0.25, 0.3) is 0 Å². The van der Waals surface area contributed by atoms with Crippen LogP contribution in [0.3, 0.4) is 0 Å². The van der Waals surface area contributed by atoms with E-state index in [1.165, 1.54) is 36.6 Å². The van der Waals surface area contributed by atoms with Gasteiger partial charge in [-0.1, -0.05) is 48.7 Å². The Hall–Kier alpha value is -0.300. The zero-order valence-corrected chi connectivity index (χ0v) is 11.7. The van der Waals surface area contributed by atoms with Crippen LogP contribution in [-0.4, -0.2) is 0 Å². The molecule has 3 rings (SSSR count). The molecule has 2 aliphatic carbocycles. The molecule has 0 bridgehead atoms. The van der Waals surface area contributed by atoms with E-state index in [0.717, 1.165) is 0 Å². The van der Waals surface area contributed by atoms with Gasteiger partial charge in [-0.25, -0.2) is 0 Å². The highest BCUT2D eigenvalue weighted by atomic mass is 79.9. The highest BCUT2D eigenvalue weighted by Crippen LogP contribution is 2.59. The van der Waals surface area contributed by atoms with E-state index >= 15 is 0 Å². The lowest BCUT2D eigenvalue weighted by atomic mass is 9.58. The van der Waals surface area contributed by atoms with Gasteiger partial charge in [-0.15, -0.1) is 0 Å². The summed E-state index contributed by atoms with van der Waals surface area (Å²) in [5.74, 6) is 0. The molecule has 1 heteroatoms. The first-order valence-electron chi connectivity index (χ1n) is 6.34. The van der Waals surface area contributed by atoms with Gasteiger partial charge < -0.3 is 0 Å². The summed E-state index contributed by atoms with van der Waals surface area (Å²) < 4.78 is 1.24. The summed E-state index contributed by atoms with van der Waals surface area (Å²) in [5.41, 5.74) is 4.14. The van der Waals surface area contributed by atoms with Crippen LogP contribution in [0.1, 0.15) is 50.7 Å². The smallest absolute Gasteiger partial charge is 0.0178 e. The molecule has 0 aliphatic heterocycles. The average molecular weight is 279 g/mol. The van der Waals surface area contributed by atoms with Crippen molar-refractivity contribution in [1.82, 2.24) is 0 Å².